The minimum absolute atomic E-state index is 0.545. The van der Waals surface area contributed by atoms with Gasteiger partial charge < -0.3 is 9.15 Å². The molecule has 2 aromatic rings. The quantitative estimate of drug-likeness (QED) is 0.746. The Hall–Kier alpha value is -0.960. The van der Waals surface area contributed by atoms with Crippen LogP contribution in [0.3, 0.4) is 0 Å². The number of methoxy groups -OCH3 is 1. The Morgan fingerprint density at radius 2 is 2.17 bits per heavy atom. The lowest BCUT2D eigenvalue weighted by molar-refractivity contribution is 0.315. The minimum atomic E-state index is 0.545. The van der Waals surface area contributed by atoms with Gasteiger partial charge in [0.15, 0.2) is 0 Å². The Balaban J connectivity index is 2.67. The second kappa shape index (κ2) is 2.83. The summed E-state index contributed by atoms with van der Waals surface area (Å²) in [5, 5.41) is 1.05. The normalized spacial score (nSPS) is 10.5. The Morgan fingerprint density at radius 1 is 1.33 bits per heavy atom. The van der Waals surface area contributed by atoms with Crippen LogP contribution in [0.25, 0.3) is 11.0 Å². The van der Waals surface area contributed by atoms with E-state index in [2.05, 4.69) is 15.9 Å². The number of ether oxygens (including phenoxy) is 1. The Bertz CT molecular complexity index is 406. The van der Waals surface area contributed by atoms with Gasteiger partial charge in [0.25, 0.3) is 5.95 Å². The van der Waals surface area contributed by atoms with E-state index < -0.39 is 0 Å². The zero-order valence-electron chi connectivity index (χ0n) is 6.50. The summed E-state index contributed by atoms with van der Waals surface area (Å²) in [4.78, 5) is 0. The van der Waals surface area contributed by atoms with Crippen molar-refractivity contribution < 1.29 is 9.15 Å². The predicted molar refractivity (Wildman–Crippen MR) is 50.5 cm³/mol. The maximum Gasteiger partial charge on any atom is 0.285 e. The SMILES string of the molecule is COc1cc2ccc(Br)cc2o1. The van der Waals surface area contributed by atoms with Crippen LogP contribution < -0.4 is 4.74 Å². The van der Waals surface area contributed by atoms with Crippen molar-refractivity contribution in [1.82, 2.24) is 0 Å². The molecular formula is C9H7BrO2. The van der Waals surface area contributed by atoms with Gasteiger partial charge in [-0.3, -0.25) is 0 Å². The van der Waals surface area contributed by atoms with Crippen LogP contribution in [0.2, 0.25) is 0 Å². The van der Waals surface area contributed by atoms with Gasteiger partial charge in [0.2, 0.25) is 0 Å². The molecule has 0 unspecified atom stereocenters. The minimum Gasteiger partial charge on any atom is -0.468 e. The lowest BCUT2D eigenvalue weighted by atomic mass is 10.3. The highest BCUT2D eigenvalue weighted by atomic mass is 79.9. The van der Waals surface area contributed by atoms with E-state index in [0.29, 0.717) is 5.95 Å². The standard InChI is InChI=1S/C9H7BrO2/c1-11-9-4-6-2-3-7(10)5-8(6)12-9/h2-5H,1H3. The number of benzene rings is 1. The first kappa shape index (κ1) is 7.68. The predicted octanol–water partition coefficient (Wildman–Crippen LogP) is 3.20. The average Bonchev–Trinajstić information content (AvgIpc) is 2.46. The Kier molecular flexibility index (Phi) is 1.81. The second-order valence-corrected chi connectivity index (χ2v) is 3.37. The first-order chi connectivity index (χ1) is 5.79. The van der Waals surface area contributed by atoms with Gasteiger partial charge in [-0.1, -0.05) is 15.9 Å². The number of halogens is 1. The fourth-order valence-corrected chi connectivity index (χ4v) is 1.42. The molecule has 0 radical (unpaired) electrons. The third kappa shape index (κ3) is 1.20. The molecule has 2 nitrogen and oxygen atoms in total. The summed E-state index contributed by atoms with van der Waals surface area (Å²) in [7, 11) is 1.59. The van der Waals surface area contributed by atoms with Crippen LogP contribution in [0.4, 0.5) is 0 Å². The van der Waals surface area contributed by atoms with Crippen LogP contribution in [-0.2, 0) is 0 Å². The topological polar surface area (TPSA) is 22.4 Å². The van der Waals surface area contributed by atoms with E-state index in [1.165, 1.54) is 0 Å². The van der Waals surface area contributed by atoms with E-state index in [9.17, 15) is 0 Å². The van der Waals surface area contributed by atoms with Gasteiger partial charge in [0.1, 0.15) is 5.58 Å². The molecule has 0 fully saturated rings. The van der Waals surface area contributed by atoms with Crippen LogP contribution in [-0.4, -0.2) is 7.11 Å². The van der Waals surface area contributed by atoms with Crippen molar-refractivity contribution in [1.29, 1.82) is 0 Å². The van der Waals surface area contributed by atoms with Gasteiger partial charge in [0, 0.05) is 15.9 Å². The molecule has 0 aliphatic carbocycles. The summed E-state index contributed by atoms with van der Waals surface area (Å²) in [6.07, 6.45) is 0. The summed E-state index contributed by atoms with van der Waals surface area (Å²) < 4.78 is 11.3. The Labute approximate surface area is 78.3 Å². The van der Waals surface area contributed by atoms with E-state index in [4.69, 9.17) is 9.15 Å². The number of rotatable bonds is 1. The largest absolute Gasteiger partial charge is 0.468 e. The van der Waals surface area contributed by atoms with Crippen molar-refractivity contribution in [2.24, 2.45) is 0 Å². The number of hydrogen-bond donors (Lipinski definition) is 0. The third-order valence-corrected chi connectivity index (χ3v) is 2.15. The molecule has 0 bridgehead atoms. The van der Waals surface area contributed by atoms with Crippen LogP contribution in [0, 0.1) is 0 Å². The summed E-state index contributed by atoms with van der Waals surface area (Å²) in [5.74, 6) is 0.545. The lowest BCUT2D eigenvalue weighted by Gasteiger charge is -1.89. The van der Waals surface area contributed by atoms with Crippen LogP contribution in [0.15, 0.2) is 33.2 Å². The first-order valence-corrected chi connectivity index (χ1v) is 4.32. The van der Waals surface area contributed by atoms with Gasteiger partial charge >= 0.3 is 0 Å². The van der Waals surface area contributed by atoms with Gasteiger partial charge in [-0.2, -0.15) is 0 Å². The zero-order valence-corrected chi connectivity index (χ0v) is 8.09. The van der Waals surface area contributed by atoms with E-state index in [-0.39, 0.29) is 0 Å². The lowest BCUT2D eigenvalue weighted by Crippen LogP contribution is -1.75. The zero-order chi connectivity index (χ0) is 8.55. The van der Waals surface area contributed by atoms with E-state index in [0.717, 1.165) is 15.4 Å². The summed E-state index contributed by atoms with van der Waals surface area (Å²) in [5.41, 5.74) is 0.834. The fraction of sp³-hybridized carbons (Fsp3) is 0.111. The molecule has 0 aliphatic heterocycles. The summed E-state index contributed by atoms with van der Waals surface area (Å²) in [6.45, 7) is 0. The third-order valence-electron chi connectivity index (χ3n) is 1.66. The molecular weight excluding hydrogens is 220 g/mol. The molecule has 0 atom stereocenters. The molecule has 0 N–H and O–H groups in total. The second-order valence-electron chi connectivity index (χ2n) is 2.45. The molecule has 0 aliphatic rings. The molecule has 1 aromatic heterocycles. The maximum absolute atomic E-state index is 5.35. The van der Waals surface area contributed by atoms with Crippen molar-refractivity contribution >= 4 is 26.9 Å². The highest BCUT2D eigenvalue weighted by molar-refractivity contribution is 9.10. The smallest absolute Gasteiger partial charge is 0.285 e. The Morgan fingerprint density at radius 3 is 2.92 bits per heavy atom. The van der Waals surface area contributed by atoms with E-state index in [1.807, 2.05) is 24.3 Å². The van der Waals surface area contributed by atoms with Crippen LogP contribution >= 0.6 is 15.9 Å². The molecule has 1 heterocycles. The first-order valence-electron chi connectivity index (χ1n) is 3.52. The summed E-state index contributed by atoms with van der Waals surface area (Å²) in [6, 6.07) is 7.72. The number of hydrogen-bond acceptors (Lipinski definition) is 2. The maximum atomic E-state index is 5.35. The summed E-state index contributed by atoms with van der Waals surface area (Å²) >= 11 is 3.36. The van der Waals surface area contributed by atoms with Gasteiger partial charge in [-0.25, -0.2) is 0 Å². The molecule has 3 heteroatoms. The molecule has 0 saturated carbocycles. The highest BCUT2D eigenvalue weighted by Gasteiger charge is 2.02. The fourth-order valence-electron chi connectivity index (χ4n) is 1.08. The average molecular weight is 227 g/mol. The van der Waals surface area contributed by atoms with Crippen molar-refractivity contribution in [2.75, 3.05) is 7.11 Å². The van der Waals surface area contributed by atoms with Crippen molar-refractivity contribution in [3.8, 4) is 5.95 Å². The van der Waals surface area contributed by atoms with Crippen LogP contribution in [0.5, 0.6) is 5.95 Å². The highest BCUT2D eigenvalue weighted by Crippen LogP contribution is 2.26. The molecule has 0 amide bonds. The van der Waals surface area contributed by atoms with Crippen molar-refractivity contribution in [3.05, 3.63) is 28.7 Å². The monoisotopic (exact) mass is 226 g/mol. The molecule has 0 spiro atoms. The number of fused-ring (bicyclic) bond motifs is 1. The molecule has 1 aromatic carbocycles. The number of furan rings is 1. The molecule has 2 rings (SSSR count). The van der Waals surface area contributed by atoms with Crippen LogP contribution in [0.1, 0.15) is 0 Å². The van der Waals surface area contributed by atoms with Crippen molar-refractivity contribution in [3.63, 3.8) is 0 Å². The van der Waals surface area contributed by atoms with E-state index in [1.54, 1.807) is 7.11 Å². The van der Waals surface area contributed by atoms with Crippen molar-refractivity contribution in [2.45, 2.75) is 0 Å². The van der Waals surface area contributed by atoms with Gasteiger partial charge in [-0.15, -0.1) is 0 Å². The molecule has 62 valence electrons. The van der Waals surface area contributed by atoms with Gasteiger partial charge in [0.05, 0.1) is 7.11 Å². The molecule has 0 saturated heterocycles. The van der Waals surface area contributed by atoms with Gasteiger partial charge in [-0.05, 0) is 18.2 Å². The molecule has 12 heavy (non-hydrogen) atoms. The van der Waals surface area contributed by atoms with E-state index >= 15 is 0 Å².